The van der Waals surface area contributed by atoms with Gasteiger partial charge in [0, 0.05) is 0 Å². The molecule has 1 radical (unpaired) electrons. The van der Waals surface area contributed by atoms with Crippen molar-refractivity contribution in [3.05, 3.63) is 0 Å². The van der Waals surface area contributed by atoms with Crippen LogP contribution in [0.5, 0.6) is 0 Å². The first-order valence-electron chi connectivity index (χ1n) is 6.35. The molecule has 0 rings (SSSR count). The zero-order chi connectivity index (χ0) is 13.6. The van der Waals surface area contributed by atoms with Crippen molar-refractivity contribution in [2.45, 2.75) is 87.9 Å². The summed E-state index contributed by atoms with van der Waals surface area (Å²) in [4.78, 5) is 0. The van der Waals surface area contributed by atoms with Gasteiger partial charge in [0.15, 0.2) is 0 Å². The van der Waals surface area contributed by atoms with E-state index in [-0.39, 0.29) is 0 Å². The zero-order valence-electron chi connectivity index (χ0n) is 13.0. The van der Waals surface area contributed by atoms with Gasteiger partial charge in [-0.2, -0.15) is 0 Å². The Balaban J connectivity index is 6.05. The fraction of sp³-hybridized carbons (Fsp3) is 1.00. The Labute approximate surface area is 118 Å². The zero-order valence-corrected chi connectivity index (χ0v) is 16.3. The van der Waals surface area contributed by atoms with Gasteiger partial charge < -0.3 is 0 Å². The van der Waals surface area contributed by atoms with Crippen LogP contribution in [0.4, 0.5) is 0 Å². The second-order valence-electron chi connectivity index (χ2n) is 8.20. The van der Waals surface area contributed by atoms with Crippen molar-refractivity contribution in [2.75, 3.05) is 0 Å². The van der Waals surface area contributed by atoms with Gasteiger partial charge >= 0.3 is 118 Å². The van der Waals surface area contributed by atoms with E-state index >= 15 is 0 Å². The van der Waals surface area contributed by atoms with Crippen molar-refractivity contribution in [1.29, 1.82) is 0 Å². The Kier molecular flexibility index (Phi) is 4.88. The van der Waals surface area contributed by atoms with Crippen molar-refractivity contribution in [1.82, 2.24) is 0 Å². The molecular formula is C14H31SiTe. The summed E-state index contributed by atoms with van der Waals surface area (Å²) in [5.41, 5.74) is 0. The van der Waals surface area contributed by atoms with Crippen LogP contribution in [0.15, 0.2) is 0 Å². The molecule has 0 bridgehead atoms. The Morgan fingerprint density at radius 2 is 0.875 bits per heavy atom. The van der Waals surface area contributed by atoms with Gasteiger partial charge in [-0.05, 0) is 0 Å². The van der Waals surface area contributed by atoms with Gasteiger partial charge in [-0.1, -0.05) is 0 Å². The Morgan fingerprint density at radius 1 is 0.688 bits per heavy atom. The molecule has 97 valence electrons. The van der Waals surface area contributed by atoms with Crippen LogP contribution in [0.2, 0.25) is 18.7 Å². The van der Waals surface area contributed by atoms with Crippen LogP contribution in [0.25, 0.3) is 0 Å². The molecule has 0 aliphatic heterocycles. The Morgan fingerprint density at radius 3 is 0.875 bits per heavy atom. The molecular weight excluding hydrogens is 324 g/mol. The Bertz CT molecular complexity index is 199. The fourth-order valence-electron chi connectivity index (χ4n) is 5.20. The molecule has 0 heterocycles. The third kappa shape index (κ3) is 2.55. The van der Waals surface area contributed by atoms with Crippen molar-refractivity contribution in [3.8, 4) is 0 Å². The molecule has 0 aliphatic rings. The van der Waals surface area contributed by atoms with Gasteiger partial charge in [-0.3, -0.25) is 0 Å². The van der Waals surface area contributed by atoms with Crippen LogP contribution in [-0.4, -0.2) is 30.4 Å². The molecule has 0 fully saturated rings. The van der Waals surface area contributed by atoms with Gasteiger partial charge in [-0.25, -0.2) is 0 Å². The molecule has 0 saturated heterocycles. The van der Waals surface area contributed by atoms with E-state index < -0.39 is 8.07 Å². The summed E-state index contributed by atoms with van der Waals surface area (Å²) in [6, 6.07) is 0. The average Bonchev–Trinajstić information content (AvgIpc) is 1.71. The summed E-state index contributed by atoms with van der Waals surface area (Å²) in [5.74, 6) is 0. The van der Waals surface area contributed by atoms with E-state index in [0.717, 1.165) is 3.59 Å². The second kappa shape index (κ2) is 4.60. The number of hydrogen-bond donors (Lipinski definition) is 0. The van der Waals surface area contributed by atoms with Crippen LogP contribution < -0.4 is 0 Å². The van der Waals surface area contributed by atoms with Crippen molar-refractivity contribution in [3.63, 3.8) is 0 Å². The maximum absolute atomic E-state index is 2.47. The van der Waals surface area contributed by atoms with E-state index in [0.29, 0.717) is 15.1 Å². The van der Waals surface area contributed by atoms with Crippen LogP contribution in [0.3, 0.4) is 0 Å². The minimum absolute atomic E-state index is 0.445. The molecule has 0 aromatic heterocycles. The van der Waals surface area contributed by atoms with Gasteiger partial charge in [0.2, 0.25) is 0 Å². The standard InChI is InChI=1S/C14H31SiTe/c1-11(16)15(12(2,3)4,13(5,6)7)14(8,9)10/h11H,1-10H3. The quantitative estimate of drug-likeness (QED) is 0.556. The van der Waals surface area contributed by atoms with E-state index in [1.54, 1.807) is 0 Å². The van der Waals surface area contributed by atoms with E-state index in [1.165, 1.54) is 0 Å². The van der Waals surface area contributed by atoms with Crippen molar-refractivity contribution < 1.29 is 0 Å². The monoisotopic (exact) mass is 357 g/mol. The molecule has 0 aromatic rings. The predicted octanol–water partition coefficient (Wildman–Crippen LogP) is 5.35. The van der Waals surface area contributed by atoms with Gasteiger partial charge in [0.1, 0.15) is 0 Å². The SMILES string of the molecule is CC([Te])[Si](C(C)(C)C)(C(C)(C)C)C(C)(C)C. The summed E-state index contributed by atoms with van der Waals surface area (Å²) < 4.78 is 0.822. The third-order valence-electron chi connectivity index (χ3n) is 4.16. The maximum atomic E-state index is 2.47. The van der Waals surface area contributed by atoms with Crippen LogP contribution in [-0.2, 0) is 0 Å². The van der Waals surface area contributed by atoms with Crippen LogP contribution >= 0.6 is 0 Å². The summed E-state index contributed by atoms with van der Waals surface area (Å²) in [5, 5.41) is 1.33. The molecule has 0 aromatic carbocycles. The Hall–Kier alpha value is 1.01. The van der Waals surface area contributed by atoms with Crippen LogP contribution in [0.1, 0.15) is 69.2 Å². The van der Waals surface area contributed by atoms with Gasteiger partial charge in [0.05, 0.1) is 0 Å². The average molecular weight is 355 g/mol. The second-order valence-corrected chi connectivity index (χ2v) is 18.5. The first kappa shape index (κ1) is 17.0. The summed E-state index contributed by atoms with van der Waals surface area (Å²) in [6.07, 6.45) is 0. The van der Waals surface area contributed by atoms with E-state index in [9.17, 15) is 0 Å². The third-order valence-corrected chi connectivity index (χ3v) is 15.5. The first-order valence-corrected chi connectivity index (χ1v) is 9.77. The van der Waals surface area contributed by atoms with Gasteiger partial charge in [0.25, 0.3) is 0 Å². The molecule has 2 heteroatoms. The molecule has 0 saturated carbocycles. The van der Waals surface area contributed by atoms with E-state index in [4.69, 9.17) is 0 Å². The molecule has 0 N–H and O–H groups in total. The van der Waals surface area contributed by atoms with Gasteiger partial charge in [-0.15, -0.1) is 0 Å². The summed E-state index contributed by atoms with van der Waals surface area (Å²) in [6.45, 7) is 24.7. The van der Waals surface area contributed by atoms with E-state index in [2.05, 4.69) is 91.5 Å². The molecule has 0 spiro atoms. The molecule has 16 heavy (non-hydrogen) atoms. The molecule has 0 amide bonds. The number of hydrogen-bond acceptors (Lipinski definition) is 0. The number of rotatable bonds is 1. The fourth-order valence-corrected chi connectivity index (χ4v) is 24.7. The predicted molar refractivity (Wildman–Crippen MR) is 80.1 cm³/mol. The summed E-state index contributed by atoms with van der Waals surface area (Å²) >= 11 is 2.37. The molecule has 1 atom stereocenters. The van der Waals surface area contributed by atoms with Crippen molar-refractivity contribution >= 4 is 30.4 Å². The van der Waals surface area contributed by atoms with Crippen LogP contribution in [0, 0.1) is 0 Å². The van der Waals surface area contributed by atoms with Crippen molar-refractivity contribution in [2.24, 2.45) is 0 Å². The van der Waals surface area contributed by atoms with E-state index in [1.807, 2.05) is 0 Å². The normalized spacial score (nSPS) is 17.4. The first-order chi connectivity index (χ1) is 6.69. The molecule has 0 aliphatic carbocycles. The molecule has 0 nitrogen and oxygen atoms in total. The minimum atomic E-state index is -1.47. The molecule has 1 unspecified atom stereocenters. The summed E-state index contributed by atoms with van der Waals surface area (Å²) in [7, 11) is -1.47. The topological polar surface area (TPSA) is 0 Å².